The van der Waals surface area contributed by atoms with Crippen molar-refractivity contribution in [2.75, 3.05) is 4.90 Å². The summed E-state index contributed by atoms with van der Waals surface area (Å²) in [4.78, 5) is 45.2. The van der Waals surface area contributed by atoms with Crippen LogP contribution in [0.25, 0.3) is 0 Å². The zero-order valence-corrected chi connectivity index (χ0v) is 25.5. The third-order valence-electron chi connectivity index (χ3n) is 8.70. The number of imide groups is 1. The number of hydrogen-bond donors (Lipinski definition) is 0. The smallest absolute Gasteiger partial charge is 0.266 e. The minimum atomic E-state index is -0.387. The maximum atomic E-state index is 14.3. The number of thiophene rings is 1. The minimum absolute atomic E-state index is 0.201. The Morgan fingerprint density at radius 1 is 0.850 bits per heavy atom. The van der Waals surface area contributed by atoms with Crippen LogP contribution in [0.1, 0.15) is 106 Å². The number of anilines is 1. The van der Waals surface area contributed by atoms with Crippen LogP contribution in [0, 0.1) is 0 Å². The van der Waals surface area contributed by atoms with E-state index in [0.717, 1.165) is 9.35 Å². The van der Waals surface area contributed by atoms with E-state index in [-0.39, 0.29) is 17.6 Å². The van der Waals surface area contributed by atoms with Crippen LogP contribution in [0.15, 0.2) is 52.3 Å². The van der Waals surface area contributed by atoms with Crippen LogP contribution >= 0.6 is 38.9 Å². The third-order valence-corrected chi connectivity index (χ3v) is 10.9. The third kappa shape index (κ3) is 5.22. The number of rotatable bonds is 7. The van der Waals surface area contributed by atoms with Gasteiger partial charge in [0.1, 0.15) is 5.00 Å². The molecule has 1 aliphatic heterocycles. The molecular formula is C32H32BrClN2O3S. The van der Waals surface area contributed by atoms with Gasteiger partial charge in [-0.3, -0.25) is 19.3 Å². The van der Waals surface area contributed by atoms with Crippen LogP contribution in [-0.2, 0) is 6.54 Å². The van der Waals surface area contributed by atoms with E-state index in [2.05, 4.69) is 20.8 Å². The Morgan fingerprint density at radius 2 is 1.38 bits per heavy atom. The van der Waals surface area contributed by atoms with Crippen LogP contribution in [0.5, 0.6) is 0 Å². The van der Waals surface area contributed by atoms with Gasteiger partial charge < -0.3 is 0 Å². The van der Waals surface area contributed by atoms with Gasteiger partial charge in [-0.2, -0.15) is 0 Å². The highest BCUT2D eigenvalue weighted by molar-refractivity contribution is 9.11. The summed E-state index contributed by atoms with van der Waals surface area (Å²) < 4.78 is 0.799. The fraction of sp³-hybridized carbons (Fsp3) is 0.406. The summed E-state index contributed by atoms with van der Waals surface area (Å²) in [6.45, 7) is 0.615. The first kappa shape index (κ1) is 27.8. The number of nitrogens with zero attached hydrogens (tertiary/aromatic N) is 2. The molecule has 0 bridgehead atoms. The molecule has 0 unspecified atom stereocenters. The standard InChI is InChI=1S/C32H32BrClN2O3S/c33-29-26(19-35(22-9-3-1-4-10-22)23-11-5-2-6-12-23)27(28(37)20-15-17-21(34)18-16-20)32(40-29)36-30(38)24-13-7-8-14-25(24)31(36)39/h7-8,13-18,22-23H,1-6,9-12,19H2. The van der Waals surface area contributed by atoms with Crippen molar-refractivity contribution in [2.45, 2.75) is 82.8 Å². The largest absolute Gasteiger partial charge is 0.293 e. The molecule has 3 aromatic rings. The van der Waals surface area contributed by atoms with Gasteiger partial charge in [0.05, 0.1) is 20.5 Å². The average Bonchev–Trinajstić information content (AvgIpc) is 3.44. The summed E-state index contributed by atoms with van der Waals surface area (Å²) in [5.74, 6) is -0.975. The Hall–Kier alpha value is -2.32. The van der Waals surface area contributed by atoms with Crippen LogP contribution in [0.4, 0.5) is 5.00 Å². The van der Waals surface area contributed by atoms with Gasteiger partial charge in [-0.15, -0.1) is 11.3 Å². The monoisotopic (exact) mass is 638 g/mol. The predicted octanol–water partition coefficient (Wildman–Crippen LogP) is 8.66. The van der Waals surface area contributed by atoms with Gasteiger partial charge in [-0.25, -0.2) is 4.90 Å². The lowest BCUT2D eigenvalue weighted by Crippen LogP contribution is -2.44. The van der Waals surface area contributed by atoms with Crippen molar-refractivity contribution >= 4 is 61.5 Å². The van der Waals surface area contributed by atoms with Gasteiger partial charge in [-0.05, 0) is 78.0 Å². The van der Waals surface area contributed by atoms with E-state index < -0.39 is 0 Å². The molecule has 2 heterocycles. The van der Waals surface area contributed by atoms with Crippen LogP contribution < -0.4 is 4.90 Å². The lowest BCUT2D eigenvalue weighted by Gasteiger charge is -2.42. The summed E-state index contributed by atoms with van der Waals surface area (Å²) in [6, 6.07) is 14.7. The van der Waals surface area contributed by atoms with E-state index in [1.54, 1.807) is 48.5 Å². The Balaban J connectivity index is 1.46. The second-order valence-corrected chi connectivity index (χ2v) is 13.9. The second kappa shape index (κ2) is 11.9. The molecular weight excluding hydrogens is 608 g/mol. The number of fused-ring (bicyclic) bond motifs is 1. The van der Waals surface area contributed by atoms with E-state index in [4.69, 9.17) is 11.6 Å². The Labute approximate surface area is 252 Å². The fourth-order valence-electron chi connectivity index (χ4n) is 6.64. The maximum Gasteiger partial charge on any atom is 0.266 e. The van der Waals surface area contributed by atoms with Crippen molar-refractivity contribution in [3.05, 3.63) is 85.2 Å². The topological polar surface area (TPSA) is 57.7 Å². The van der Waals surface area contributed by atoms with E-state index in [1.165, 1.54) is 80.4 Å². The van der Waals surface area contributed by atoms with Gasteiger partial charge in [-0.1, -0.05) is 62.3 Å². The molecule has 208 valence electrons. The van der Waals surface area contributed by atoms with Crippen molar-refractivity contribution in [1.29, 1.82) is 0 Å². The number of halogens is 2. The summed E-state index contributed by atoms with van der Waals surface area (Å²) in [7, 11) is 0. The molecule has 0 radical (unpaired) electrons. The average molecular weight is 640 g/mol. The lowest BCUT2D eigenvalue weighted by molar-refractivity contribution is 0.0725. The highest BCUT2D eigenvalue weighted by Crippen LogP contribution is 2.45. The van der Waals surface area contributed by atoms with Gasteiger partial charge in [0.2, 0.25) is 0 Å². The first-order valence-electron chi connectivity index (χ1n) is 14.3. The van der Waals surface area contributed by atoms with Crippen molar-refractivity contribution < 1.29 is 14.4 Å². The first-order chi connectivity index (χ1) is 19.4. The molecule has 40 heavy (non-hydrogen) atoms. The second-order valence-electron chi connectivity index (χ2n) is 11.1. The molecule has 8 heteroatoms. The highest BCUT2D eigenvalue weighted by Gasteiger charge is 2.41. The lowest BCUT2D eigenvalue weighted by atomic mass is 9.88. The summed E-state index contributed by atoms with van der Waals surface area (Å²) in [6.07, 6.45) is 12.2. The molecule has 0 atom stereocenters. The summed E-state index contributed by atoms with van der Waals surface area (Å²) in [5.41, 5.74) is 2.53. The molecule has 0 saturated heterocycles. The Kier molecular flexibility index (Phi) is 8.27. The first-order valence-corrected chi connectivity index (χ1v) is 16.3. The fourth-order valence-corrected chi connectivity index (χ4v) is 8.59. The number of hydrogen-bond acceptors (Lipinski definition) is 5. The van der Waals surface area contributed by atoms with E-state index in [1.807, 2.05) is 0 Å². The quantitative estimate of drug-likeness (QED) is 0.192. The van der Waals surface area contributed by atoms with E-state index in [9.17, 15) is 14.4 Å². The minimum Gasteiger partial charge on any atom is -0.293 e. The molecule has 2 fully saturated rings. The molecule has 2 aliphatic carbocycles. The molecule has 2 amide bonds. The summed E-state index contributed by atoms with van der Waals surface area (Å²) in [5, 5.41) is 0.935. The van der Waals surface area contributed by atoms with Gasteiger partial charge in [0.15, 0.2) is 5.78 Å². The number of ketones is 1. The van der Waals surface area contributed by atoms with Crippen molar-refractivity contribution in [1.82, 2.24) is 4.90 Å². The van der Waals surface area contributed by atoms with Crippen molar-refractivity contribution in [3.8, 4) is 0 Å². The number of carbonyl (C=O) groups is 3. The molecule has 5 nitrogen and oxygen atoms in total. The molecule has 3 aliphatic rings. The Bertz CT molecular complexity index is 1390. The molecule has 0 N–H and O–H groups in total. The zero-order valence-electron chi connectivity index (χ0n) is 22.3. The van der Waals surface area contributed by atoms with Gasteiger partial charge in [0, 0.05) is 34.8 Å². The molecule has 1 aromatic heterocycles. The molecule has 2 aromatic carbocycles. The normalized spacial score (nSPS) is 18.5. The molecule has 2 saturated carbocycles. The SMILES string of the molecule is O=C(c1ccc(Cl)cc1)c1c(N2C(=O)c3ccccc3C2=O)sc(Br)c1CN(C1CCCCC1)C1CCCCC1. The number of amides is 2. The molecule has 6 rings (SSSR count). The van der Waals surface area contributed by atoms with Crippen molar-refractivity contribution in [2.24, 2.45) is 0 Å². The van der Waals surface area contributed by atoms with Crippen molar-refractivity contribution in [3.63, 3.8) is 0 Å². The van der Waals surface area contributed by atoms with E-state index >= 15 is 0 Å². The summed E-state index contributed by atoms with van der Waals surface area (Å²) >= 11 is 11.2. The predicted molar refractivity (Wildman–Crippen MR) is 164 cm³/mol. The van der Waals surface area contributed by atoms with Crippen LogP contribution in [0.3, 0.4) is 0 Å². The number of benzene rings is 2. The molecule has 0 spiro atoms. The number of carbonyl (C=O) groups excluding carboxylic acids is 3. The van der Waals surface area contributed by atoms with Crippen LogP contribution in [0.2, 0.25) is 5.02 Å². The zero-order chi connectivity index (χ0) is 27.8. The van der Waals surface area contributed by atoms with Gasteiger partial charge >= 0.3 is 0 Å². The van der Waals surface area contributed by atoms with E-state index in [0.29, 0.717) is 50.9 Å². The highest BCUT2D eigenvalue weighted by atomic mass is 79.9. The van der Waals surface area contributed by atoms with Crippen LogP contribution in [-0.4, -0.2) is 34.6 Å². The maximum absolute atomic E-state index is 14.3. The van der Waals surface area contributed by atoms with Gasteiger partial charge in [0.25, 0.3) is 11.8 Å². The Morgan fingerprint density at radius 3 is 1.90 bits per heavy atom.